The van der Waals surface area contributed by atoms with Gasteiger partial charge in [-0.15, -0.1) is 0 Å². The SMILES string of the molecule is CC(C)CC1CC(C(=O)O)C(C2CC2)O1. The van der Waals surface area contributed by atoms with Crippen molar-refractivity contribution < 1.29 is 14.6 Å². The molecule has 1 aliphatic carbocycles. The lowest BCUT2D eigenvalue weighted by Gasteiger charge is -2.15. The molecule has 0 spiro atoms. The summed E-state index contributed by atoms with van der Waals surface area (Å²) in [6.45, 7) is 4.31. The number of aliphatic carboxylic acids is 1. The number of hydrogen-bond acceptors (Lipinski definition) is 2. The van der Waals surface area contributed by atoms with Gasteiger partial charge in [-0.1, -0.05) is 13.8 Å². The molecule has 0 aromatic carbocycles. The zero-order chi connectivity index (χ0) is 11.0. The second kappa shape index (κ2) is 4.12. The Labute approximate surface area is 90.8 Å². The van der Waals surface area contributed by atoms with Crippen LogP contribution >= 0.6 is 0 Å². The Hall–Kier alpha value is -0.570. The Morgan fingerprint density at radius 2 is 2.13 bits per heavy atom. The first-order chi connectivity index (χ1) is 7.08. The van der Waals surface area contributed by atoms with Crippen molar-refractivity contribution in [1.82, 2.24) is 0 Å². The monoisotopic (exact) mass is 212 g/mol. The van der Waals surface area contributed by atoms with Crippen LogP contribution in [0.2, 0.25) is 0 Å². The van der Waals surface area contributed by atoms with Gasteiger partial charge in [0.15, 0.2) is 0 Å². The van der Waals surface area contributed by atoms with Crippen LogP contribution in [-0.4, -0.2) is 23.3 Å². The van der Waals surface area contributed by atoms with Crippen molar-refractivity contribution in [2.24, 2.45) is 17.8 Å². The fraction of sp³-hybridized carbons (Fsp3) is 0.917. The van der Waals surface area contributed by atoms with Crippen molar-refractivity contribution in [1.29, 1.82) is 0 Å². The second-order valence-corrected chi connectivity index (χ2v) is 5.37. The largest absolute Gasteiger partial charge is 0.481 e. The zero-order valence-corrected chi connectivity index (χ0v) is 9.48. The Kier molecular flexibility index (Phi) is 3.01. The van der Waals surface area contributed by atoms with Crippen molar-refractivity contribution in [3.05, 3.63) is 0 Å². The highest BCUT2D eigenvalue weighted by molar-refractivity contribution is 5.71. The number of ether oxygens (including phenoxy) is 1. The van der Waals surface area contributed by atoms with Gasteiger partial charge in [0.05, 0.1) is 18.1 Å². The van der Waals surface area contributed by atoms with E-state index in [4.69, 9.17) is 9.84 Å². The molecule has 1 saturated heterocycles. The third kappa shape index (κ3) is 2.51. The fourth-order valence-corrected chi connectivity index (χ4v) is 2.57. The van der Waals surface area contributed by atoms with Crippen molar-refractivity contribution >= 4 is 5.97 Å². The maximum atomic E-state index is 11.1. The van der Waals surface area contributed by atoms with E-state index in [0.717, 1.165) is 19.3 Å². The summed E-state index contributed by atoms with van der Waals surface area (Å²) < 4.78 is 5.89. The van der Waals surface area contributed by atoms with Gasteiger partial charge < -0.3 is 9.84 Å². The van der Waals surface area contributed by atoms with Gasteiger partial charge in [0, 0.05) is 0 Å². The van der Waals surface area contributed by atoms with Gasteiger partial charge in [-0.2, -0.15) is 0 Å². The molecule has 0 amide bonds. The predicted octanol–water partition coefficient (Wildman–Crippen LogP) is 2.30. The molecule has 3 nitrogen and oxygen atoms in total. The average Bonchev–Trinajstić information content (AvgIpc) is 2.87. The lowest BCUT2D eigenvalue weighted by molar-refractivity contribution is -0.144. The summed E-state index contributed by atoms with van der Waals surface area (Å²) in [5, 5.41) is 9.13. The van der Waals surface area contributed by atoms with Gasteiger partial charge in [0.1, 0.15) is 0 Å². The minimum Gasteiger partial charge on any atom is -0.481 e. The standard InChI is InChI=1S/C12H20O3/c1-7(2)5-9-6-10(12(13)14)11(15-9)8-3-4-8/h7-11H,3-6H2,1-2H3,(H,13,14). The first kappa shape index (κ1) is 10.9. The van der Waals surface area contributed by atoms with E-state index in [2.05, 4.69) is 13.8 Å². The second-order valence-electron chi connectivity index (χ2n) is 5.37. The topological polar surface area (TPSA) is 46.5 Å². The van der Waals surface area contributed by atoms with Crippen molar-refractivity contribution in [3.8, 4) is 0 Å². The van der Waals surface area contributed by atoms with E-state index in [1.165, 1.54) is 0 Å². The highest BCUT2D eigenvalue weighted by Gasteiger charge is 2.47. The Bertz CT molecular complexity index is 245. The van der Waals surface area contributed by atoms with Crippen LogP contribution in [-0.2, 0) is 9.53 Å². The highest BCUT2D eigenvalue weighted by atomic mass is 16.5. The molecular formula is C12H20O3. The Morgan fingerprint density at radius 1 is 1.47 bits per heavy atom. The fourth-order valence-electron chi connectivity index (χ4n) is 2.57. The van der Waals surface area contributed by atoms with Crippen LogP contribution in [0.5, 0.6) is 0 Å². The number of carbonyl (C=O) groups is 1. The van der Waals surface area contributed by atoms with Gasteiger partial charge >= 0.3 is 5.97 Å². The van der Waals surface area contributed by atoms with Crippen LogP contribution in [0.15, 0.2) is 0 Å². The third-order valence-electron chi connectivity index (χ3n) is 3.40. The molecule has 2 fully saturated rings. The van der Waals surface area contributed by atoms with E-state index in [0.29, 0.717) is 18.3 Å². The Balaban J connectivity index is 1.95. The molecule has 1 heterocycles. The molecule has 2 rings (SSSR count). The van der Waals surface area contributed by atoms with Crippen molar-refractivity contribution in [2.75, 3.05) is 0 Å². The maximum absolute atomic E-state index is 11.1. The normalized spacial score (nSPS) is 36.1. The molecule has 3 heteroatoms. The Morgan fingerprint density at radius 3 is 2.60 bits per heavy atom. The number of rotatable bonds is 4. The molecule has 3 unspecified atom stereocenters. The summed E-state index contributed by atoms with van der Waals surface area (Å²) in [6, 6.07) is 0. The summed E-state index contributed by atoms with van der Waals surface area (Å²) in [4.78, 5) is 11.1. The summed E-state index contributed by atoms with van der Waals surface area (Å²) in [7, 11) is 0. The molecule has 3 atom stereocenters. The lowest BCUT2D eigenvalue weighted by atomic mass is 9.94. The minimum absolute atomic E-state index is 0.00579. The summed E-state index contributed by atoms with van der Waals surface area (Å²) in [6.07, 6.45) is 4.20. The van der Waals surface area contributed by atoms with Gasteiger partial charge in [0.25, 0.3) is 0 Å². The molecule has 2 aliphatic rings. The molecule has 1 saturated carbocycles. The van der Waals surface area contributed by atoms with Crippen LogP contribution < -0.4 is 0 Å². The van der Waals surface area contributed by atoms with E-state index in [-0.39, 0.29) is 18.1 Å². The van der Waals surface area contributed by atoms with E-state index < -0.39 is 5.97 Å². The molecule has 0 aromatic heterocycles. The van der Waals surface area contributed by atoms with Crippen LogP contribution in [0.1, 0.15) is 39.5 Å². The molecule has 0 aromatic rings. The molecule has 86 valence electrons. The number of hydrogen-bond donors (Lipinski definition) is 1. The van der Waals surface area contributed by atoms with E-state index >= 15 is 0 Å². The predicted molar refractivity (Wildman–Crippen MR) is 56.6 cm³/mol. The van der Waals surface area contributed by atoms with Gasteiger partial charge in [-0.25, -0.2) is 0 Å². The first-order valence-corrected chi connectivity index (χ1v) is 5.96. The third-order valence-corrected chi connectivity index (χ3v) is 3.40. The van der Waals surface area contributed by atoms with Crippen LogP contribution in [0.3, 0.4) is 0 Å². The minimum atomic E-state index is -0.668. The first-order valence-electron chi connectivity index (χ1n) is 5.96. The highest BCUT2D eigenvalue weighted by Crippen LogP contribution is 2.44. The van der Waals surface area contributed by atoms with Gasteiger partial charge in [-0.3, -0.25) is 4.79 Å². The van der Waals surface area contributed by atoms with Crippen LogP contribution in [0, 0.1) is 17.8 Å². The molecule has 0 radical (unpaired) electrons. The maximum Gasteiger partial charge on any atom is 0.309 e. The van der Waals surface area contributed by atoms with Crippen molar-refractivity contribution in [3.63, 3.8) is 0 Å². The number of carboxylic acid groups (broad SMARTS) is 1. The van der Waals surface area contributed by atoms with Crippen LogP contribution in [0.25, 0.3) is 0 Å². The summed E-state index contributed by atoms with van der Waals surface area (Å²) in [5.74, 6) is 0.199. The zero-order valence-electron chi connectivity index (χ0n) is 9.48. The summed E-state index contributed by atoms with van der Waals surface area (Å²) >= 11 is 0. The summed E-state index contributed by atoms with van der Waals surface area (Å²) in [5.41, 5.74) is 0. The number of carboxylic acids is 1. The quantitative estimate of drug-likeness (QED) is 0.777. The average molecular weight is 212 g/mol. The lowest BCUT2D eigenvalue weighted by Crippen LogP contribution is -2.25. The van der Waals surface area contributed by atoms with Gasteiger partial charge in [-0.05, 0) is 37.5 Å². The van der Waals surface area contributed by atoms with Gasteiger partial charge in [0.2, 0.25) is 0 Å². The molecule has 0 bridgehead atoms. The van der Waals surface area contributed by atoms with E-state index in [1.54, 1.807) is 0 Å². The molecule has 15 heavy (non-hydrogen) atoms. The molecule has 1 aliphatic heterocycles. The smallest absolute Gasteiger partial charge is 0.309 e. The molecule has 1 N–H and O–H groups in total. The van der Waals surface area contributed by atoms with Crippen LogP contribution in [0.4, 0.5) is 0 Å². The van der Waals surface area contributed by atoms with E-state index in [1.807, 2.05) is 0 Å². The van der Waals surface area contributed by atoms with E-state index in [9.17, 15) is 4.79 Å². The molecular weight excluding hydrogens is 192 g/mol. The van der Waals surface area contributed by atoms with Crippen molar-refractivity contribution in [2.45, 2.75) is 51.7 Å².